The minimum atomic E-state index is -1.50. The molecule has 0 bridgehead atoms. The number of nitrogens with zero attached hydrogens (tertiary/aromatic N) is 2. The zero-order valence-corrected chi connectivity index (χ0v) is 15.4. The second-order valence-corrected chi connectivity index (χ2v) is 7.19. The van der Waals surface area contributed by atoms with Crippen molar-refractivity contribution in [2.45, 2.75) is 32.4 Å². The molecule has 0 saturated heterocycles. The quantitative estimate of drug-likeness (QED) is 0.664. The van der Waals surface area contributed by atoms with Gasteiger partial charge in [0.2, 0.25) is 0 Å². The molecule has 26 heavy (non-hydrogen) atoms. The molecule has 5 heteroatoms. The van der Waals surface area contributed by atoms with Gasteiger partial charge in [-0.25, -0.2) is 4.85 Å². The minimum absolute atomic E-state index is 0.122. The Hall–Kier alpha value is -2.61. The lowest BCUT2D eigenvalue weighted by Gasteiger charge is -2.23. The molecule has 0 fully saturated rings. The van der Waals surface area contributed by atoms with Crippen molar-refractivity contribution in [1.82, 2.24) is 4.57 Å². The molecule has 4 nitrogen and oxygen atoms in total. The molecule has 0 unspecified atom stereocenters. The summed E-state index contributed by atoms with van der Waals surface area (Å²) in [6.45, 7) is 10.6. The first-order valence-corrected chi connectivity index (χ1v) is 8.65. The Morgan fingerprint density at radius 3 is 2.73 bits per heavy atom. The Labute approximate surface area is 157 Å². The van der Waals surface area contributed by atoms with E-state index in [4.69, 9.17) is 18.2 Å². The fourth-order valence-electron chi connectivity index (χ4n) is 3.06. The van der Waals surface area contributed by atoms with Crippen LogP contribution in [0.4, 0.5) is 5.69 Å². The third kappa shape index (κ3) is 3.65. The second kappa shape index (κ2) is 6.95. The van der Waals surface area contributed by atoms with Crippen molar-refractivity contribution < 1.29 is 9.90 Å². The number of aryl methyl sites for hydroxylation is 1. The number of fused-ring (bicyclic) bond motifs is 1. The van der Waals surface area contributed by atoms with E-state index < -0.39 is 5.60 Å². The number of hydrogen-bond acceptors (Lipinski definition) is 2. The highest BCUT2D eigenvalue weighted by Crippen LogP contribution is 2.24. The van der Waals surface area contributed by atoms with Crippen molar-refractivity contribution in [3.8, 4) is 0 Å². The van der Waals surface area contributed by atoms with Crippen LogP contribution in [0.5, 0.6) is 0 Å². The number of rotatable bonds is 5. The van der Waals surface area contributed by atoms with Gasteiger partial charge in [0.1, 0.15) is 5.60 Å². The summed E-state index contributed by atoms with van der Waals surface area (Å²) in [5.41, 5.74) is 1.62. The van der Waals surface area contributed by atoms with Gasteiger partial charge in [0.15, 0.2) is 11.5 Å². The number of Topliss-reactive ketones (excluding diaryl/α,β-unsaturated/α-hetero) is 1. The summed E-state index contributed by atoms with van der Waals surface area (Å²) in [6, 6.07) is 12.7. The van der Waals surface area contributed by atoms with Crippen molar-refractivity contribution >= 4 is 34.0 Å². The average molecular weight is 367 g/mol. The van der Waals surface area contributed by atoms with E-state index in [1.54, 1.807) is 18.2 Å². The summed E-state index contributed by atoms with van der Waals surface area (Å²) >= 11 is 6.00. The number of benzene rings is 2. The molecule has 0 aliphatic rings. The van der Waals surface area contributed by atoms with Crippen LogP contribution in [0.1, 0.15) is 18.1 Å². The molecule has 1 atom stereocenters. The van der Waals surface area contributed by atoms with Gasteiger partial charge in [0.05, 0.1) is 13.1 Å². The lowest BCUT2D eigenvalue weighted by Crippen LogP contribution is -2.40. The molecule has 0 saturated carbocycles. The summed E-state index contributed by atoms with van der Waals surface area (Å²) < 4.78 is 1.86. The summed E-state index contributed by atoms with van der Waals surface area (Å²) in [5.74, 6) is -0.261. The number of carbonyl (C=O) groups is 1. The van der Waals surface area contributed by atoms with Gasteiger partial charge in [0.25, 0.3) is 0 Å². The zero-order valence-electron chi connectivity index (χ0n) is 14.7. The lowest BCUT2D eigenvalue weighted by molar-refractivity contribution is -0.136. The lowest BCUT2D eigenvalue weighted by atomic mass is 9.94. The number of aliphatic hydroxyl groups is 1. The van der Waals surface area contributed by atoms with Gasteiger partial charge < -0.3 is 9.67 Å². The van der Waals surface area contributed by atoms with E-state index in [1.807, 2.05) is 42.0 Å². The van der Waals surface area contributed by atoms with Crippen LogP contribution in [0, 0.1) is 13.5 Å². The fraction of sp³-hybridized carbons (Fsp3) is 0.238. The van der Waals surface area contributed by atoms with Crippen molar-refractivity contribution in [2.24, 2.45) is 0 Å². The monoisotopic (exact) mass is 366 g/mol. The highest BCUT2D eigenvalue weighted by Gasteiger charge is 2.30. The van der Waals surface area contributed by atoms with Gasteiger partial charge in [-0.3, -0.25) is 4.79 Å². The second-order valence-electron chi connectivity index (χ2n) is 6.75. The third-order valence-corrected chi connectivity index (χ3v) is 4.79. The molecule has 1 heterocycles. The fourth-order valence-corrected chi connectivity index (χ4v) is 3.24. The van der Waals surface area contributed by atoms with Crippen LogP contribution in [-0.4, -0.2) is 21.1 Å². The molecular formula is C21H19ClN2O2. The summed E-state index contributed by atoms with van der Waals surface area (Å²) in [5, 5.41) is 12.4. The van der Waals surface area contributed by atoms with Gasteiger partial charge in [-0.05, 0) is 49.2 Å². The summed E-state index contributed by atoms with van der Waals surface area (Å²) in [7, 11) is 0. The van der Waals surface area contributed by atoms with E-state index in [2.05, 4.69) is 4.85 Å². The van der Waals surface area contributed by atoms with Gasteiger partial charge in [0, 0.05) is 28.5 Å². The smallest absolute Gasteiger partial charge is 0.190 e. The maximum atomic E-state index is 12.7. The maximum Gasteiger partial charge on any atom is 0.190 e. The van der Waals surface area contributed by atoms with E-state index >= 15 is 0 Å². The van der Waals surface area contributed by atoms with Crippen LogP contribution in [0.2, 0.25) is 5.02 Å². The molecule has 0 spiro atoms. The van der Waals surface area contributed by atoms with Crippen molar-refractivity contribution in [3.05, 3.63) is 76.2 Å². The summed E-state index contributed by atoms with van der Waals surface area (Å²) in [4.78, 5) is 16.1. The van der Waals surface area contributed by atoms with Crippen LogP contribution >= 0.6 is 11.6 Å². The molecule has 0 radical (unpaired) electrons. The zero-order chi connectivity index (χ0) is 18.9. The topological polar surface area (TPSA) is 46.6 Å². The van der Waals surface area contributed by atoms with Gasteiger partial charge in [-0.1, -0.05) is 29.8 Å². The molecule has 0 aliphatic carbocycles. The minimum Gasteiger partial charge on any atom is -0.380 e. The third-order valence-electron chi connectivity index (χ3n) is 4.56. The van der Waals surface area contributed by atoms with E-state index in [0.29, 0.717) is 10.7 Å². The van der Waals surface area contributed by atoms with E-state index in [-0.39, 0.29) is 18.7 Å². The molecule has 3 rings (SSSR count). The van der Waals surface area contributed by atoms with Crippen LogP contribution in [0.15, 0.2) is 48.7 Å². The van der Waals surface area contributed by atoms with Gasteiger partial charge in [-0.2, -0.15) is 0 Å². The molecule has 132 valence electrons. The predicted octanol–water partition coefficient (Wildman–Crippen LogP) is 4.72. The van der Waals surface area contributed by atoms with Crippen molar-refractivity contribution in [1.29, 1.82) is 0 Å². The molecule has 1 N–H and O–H groups in total. The summed E-state index contributed by atoms with van der Waals surface area (Å²) in [6.07, 6.45) is 1.97. The Morgan fingerprint density at radius 2 is 2.04 bits per heavy atom. The number of carbonyl (C=O) groups excluding carboxylic acids is 1. The Bertz CT molecular complexity index is 1030. The van der Waals surface area contributed by atoms with Crippen LogP contribution in [0.3, 0.4) is 0 Å². The van der Waals surface area contributed by atoms with Crippen molar-refractivity contribution in [3.63, 3.8) is 0 Å². The first-order chi connectivity index (χ1) is 12.3. The normalized spacial score (nSPS) is 13.3. The van der Waals surface area contributed by atoms with Gasteiger partial charge in [-0.15, -0.1) is 0 Å². The average Bonchev–Trinajstić information content (AvgIpc) is 2.96. The first-order valence-electron chi connectivity index (χ1n) is 8.27. The predicted molar refractivity (Wildman–Crippen MR) is 104 cm³/mol. The molecular weight excluding hydrogens is 348 g/mol. The van der Waals surface area contributed by atoms with Crippen molar-refractivity contribution in [2.75, 3.05) is 0 Å². The number of ketones is 1. The molecule has 2 aromatic carbocycles. The molecule has 0 aliphatic heterocycles. The SMILES string of the molecule is [C-]#[N+]c1ccc(CC(=O)[C@@](C)(O)Cn2ccc3cc(Cl)ccc32)cc1C. The molecule has 1 aromatic heterocycles. The standard InChI is InChI=1S/C21H19ClN2O2/c1-14-10-15(4-6-18(14)23-3)11-20(25)21(2,26)13-24-9-8-16-12-17(22)5-7-19(16)24/h4-10,12,26H,11,13H2,1-2H3/t21-/m0/s1. The van der Waals surface area contributed by atoms with Crippen LogP contribution in [0.25, 0.3) is 15.7 Å². The molecule has 3 aromatic rings. The van der Waals surface area contributed by atoms with E-state index in [0.717, 1.165) is 22.0 Å². The van der Waals surface area contributed by atoms with Crippen LogP contribution in [-0.2, 0) is 17.8 Å². The maximum absolute atomic E-state index is 12.7. The number of aromatic nitrogens is 1. The van der Waals surface area contributed by atoms with Gasteiger partial charge >= 0.3 is 0 Å². The Morgan fingerprint density at radius 1 is 1.27 bits per heavy atom. The number of hydrogen-bond donors (Lipinski definition) is 1. The Balaban J connectivity index is 1.79. The Kier molecular flexibility index (Phi) is 4.86. The highest BCUT2D eigenvalue weighted by atomic mass is 35.5. The van der Waals surface area contributed by atoms with E-state index in [1.165, 1.54) is 6.92 Å². The number of halogens is 1. The first kappa shape index (κ1) is 18.2. The van der Waals surface area contributed by atoms with Crippen LogP contribution < -0.4 is 0 Å². The largest absolute Gasteiger partial charge is 0.380 e. The highest BCUT2D eigenvalue weighted by molar-refractivity contribution is 6.31. The van der Waals surface area contributed by atoms with E-state index in [9.17, 15) is 9.90 Å². The molecule has 0 amide bonds.